The van der Waals surface area contributed by atoms with Crippen molar-refractivity contribution in [2.24, 2.45) is 0 Å². The first-order chi connectivity index (χ1) is 14.3. The SMILES string of the molecule is Cc1ccc(COc2ccc3ccccc3c2CNC2CCCCCCC2)cc1.Cl. The Morgan fingerprint density at radius 3 is 2.30 bits per heavy atom. The summed E-state index contributed by atoms with van der Waals surface area (Å²) in [5.74, 6) is 1.00. The fourth-order valence-corrected chi connectivity index (χ4v) is 4.39. The summed E-state index contributed by atoms with van der Waals surface area (Å²) in [6, 6.07) is 22.2. The number of rotatable bonds is 6. The van der Waals surface area contributed by atoms with Crippen LogP contribution in [0.4, 0.5) is 0 Å². The largest absolute Gasteiger partial charge is 0.489 e. The lowest BCUT2D eigenvalue weighted by atomic mass is 9.96. The van der Waals surface area contributed by atoms with Crippen molar-refractivity contribution in [3.05, 3.63) is 77.4 Å². The zero-order chi connectivity index (χ0) is 19.9. The summed E-state index contributed by atoms with van der Waals surface area (Å²) in [7, 11) is 0. The number of hydrogen-bond acceptors (Lipinski definition) is 2. The molecule has 3 aromatic rings. The summed E-state index contributed by atoms with van der Waals surface area (Å²) in [5.41, 5.74) is 3.78. The molecule has 1 aliphatic carbocycles. The summed E-state index contributed by atoms with van der Waals surface area (Å²) in [6.07, 6.45) is 9.48. The van der Waals surface area contributed by atoms with Crippen LogP contribution in [-0.2, 0) is 13.2 Å². The molecule has 0 spiro atoms. The van der Waals surface area contributed by atoms with Gasteiger partial charge in [-0.1, -0.05) is 92.3 Å². The first kappa shape index (κ1) is 22.7. The van der Waals surface area contributed by atoms with E-state index in [1.54, 1.807) is 0 Å². The van der Waals surface area contributed by atoms with E-state index in [2.05, 4.69) is 72.9 Å². The molecule has 4 rings (SSSR count). The van der Waals surface area contributed by atoms with Gasteiger partial charge in [0.1, 0.15) is 12.4 Å². The first-order valence-corrected chi connectivity index (χ1v) is 11.2. The quantitative estimate of drug-likeness (QED) is 0.447. The number of ether oxygens (including phenoxy) is 1. The normalized spacial score (nSPS) is 15.2. The lowest BCUT2D eigenvalue weighted by Gasteiger charge is -2.22. The Morgan fingerprint density at radius 1 is 0.833 bits per heavy atom. The van der Waals surface area contributed by atoms with Gasteiger partial charge in [-0.2, -0.15) is 0 Å². The van der Waals surface area contributed by atoms with Crippen LogP contribution in [-0.4, -0.2) is 6.04 Å². The van der Waals surface area contributed by atoms with Gasteiger partial charge in [-0.3, -0.25) is 0 Å². The molecular formula is C27H34ClNO. The van der Waals surface area contributed by atoms with Gasteiger partial charge in [-0.05, 0) is 42.2 Å². The van der Waals surface area contributed by atoms with Crippen LogP contribution in [0.2, 0.25) is 0 Å². The molecular weight excluding hydrogens is 390 g/mol. The van der Waals surface area contributed by atoms with Gasteiger partial charge in [0.05, 0.1) is 0 Å². The van der Waals surface area contributed by atoms with E-state index in [0.29, 0.717) is 12.6 Å². The maximum Gasteiger partial charge on any atom is 0.124 e. The molecule has 0 radical (unpaired) electrons. The molecule has 3 heteroatoms. The molecule has 1 aliphatic rings. The van der Waals surface area contributed by atoms with E-state index in [-0.39, 0.29) is 12.4 Å². The van der Waals surface area contributed by atoms with Crippen LogP contribution in [0.3, 0.4) is 0 Å². The number of halogens is 1. The van der Waals surface area contributed by atoms with E-state index >= 15 is 0 Å². The lowest BCUT2D eigenvalue weighted by Crippen LogP contribution is -2.29. The van der Waals surface area contributed by atoms with Crippen molar-refractivity contribution in [2.45, 2.75) is 71.1 Å². The van der Waals surface area contributed by atoms with E-state index in [4.69, 9.17) is 4.74 Å². The van der Waals surface area contributed by atoms with Crippen LogP contribution >= 0.6 is 12.4 Å². The molecule has 3 aromatic carbocycles. The molecule has 0 aliphatic heterocycles. The zero-order valence-electron chi connectivity index (χ0n) is 18.0. The van der Waals surface area contributed by atoms with Crippen LogP contribution in [0, 0.1) is 6.92 Å². The van der Waals surface area contributed by atoms with Gasteiger partial charge in [0.15, 0.2) is 0 Å². The van der Waals surface area contributed by atoms with E-state index < -0.39 is 0 Å². The van der Waals surface area contributed by atoms with Crippen molar-refractivity contribution in [3.8, 4) is 5.75 Å². The second-order valence-electron chi connectivity index (χ2n) is 8.46. The molecule has 1 saturated carbocycles. The van der Waals surface area contributed by atoms with Gasteiger partial charge in [0.25, 0.3) is 0 Å². The van der Waals surface area contributed by atoms with Crippen molar-refractivity contribution in [2.75, 3.05) is 0 Å². The Kier molecular flexibility index (Phi) is 8.60. The molecule has 0 amide bonds. The molecule has 0 unspecified atom stereocenters. The smallest absolute Gasteiger partial charge is 0.124 e. The standard InChI is InChI=1S/C27H33NO.ClH/c1-21-13-15-22(16-14-21)20-29-27-18-17-23-9-7-8-12-25(23)26(27)19-28-24-10-5-3-2-4-6-11-24;/h7-9,12-18,24,28H,2-6,10-11,19-20H2,1H3;1H. The van der Waals surface area contributed by atoms with Gasteiger partial charge >= 0.3 is 0 Å². The van der Waals surface area contributed by atoms with Gasteiger partial charge in [0, 0.05) is 18.2 Å². The summed E-state index contributed by atoms with van der Waals surface area (Å²) in [6.45, 7) is 3.59. The van der Waals surface area contributed by atoms with Crippen molar-refractivity contribution in [1.82, 2.24) is 5.32 Å². The number of hydrogen-bond donors (Lipinski definition) is 1. The number of aryl methyl sites for hydroxylation is 1. The minimum atomic E-state index is 0. The summed E-state index contributed by atoms with van der Waals surface area (Å²) < 4.78 is 6.32. The second kappa shape index (κ2) is 11.4. The predicted molar refractivity (Wildman–Crippen MR) is 130 cm³/mol. The number of nitrogens with one attached hydrogen (secondary N) is 1. The van der Waals surface area contributed by atoms with Gasteiger partial charge < -0.3 is 10.1 Å². The maximum atomic E-state index is 6.32. The Balaban J connectivity index is 0.00000256. The molecule has 30 heavy (non-hydrogen) atoms. The average molecular weight is 424 g/mol. The highest BCUT2D eigenvalue weighted by atomic mass is 35.5. The van der Waals surface area contributed by atoms with Gasteiger partial charge in [0.2, 0.25) is 0 Å². The van der Waals surface area contributed by atoms with E-state index in [1.807, 2.05) is 0 Å². The van der Waals surface area contributed by atoms with Crippen molar-refractivity contribution in [3.63, 3.8) is 0 Å². The zero-order valence-corrected chi connectivity index (χ0v) is 18.8. The third kappa shape index (κ3) is 6.00. The second-order valence-corrected chi connectivity index (χ2v) is 8.46. The van der Waals surface area contributed by atoms with Gasteiger partial charge in [-0.15, -0.1) is 12.4 Å². The third-order valence-corrected chi connectivity index (χ3v) is 6.19. The summed E-state index contributed by atoms with van der Waals surface area (Å²) in [4.78, 5) is 0. The summed E-state index contributed by atoms with van der Waals surface area (Å²) >= 11 is 0. The van der Waals surface area contributed by atoms with Crippen molar-refractivity contribution < 1.29 is 4.74 Å². The molecule has 0 heterocycles. The van der Waals surface area contributed by atoms with E-state index in [9.17, 15) is 0 Å². The van der Waals surface area contributed by atoms with E-state index in [1.165, 1.54) is 72.4 Å². The van der Waals surface area contributed by atoms with Crippen LogP contribution in [0.15, 0.2) is 60.7 Å². The number of benzene rings is 3. The van der Waals surface area contributed by atoms with Gasteiger partial charge in [-0.25, -0.2) is 0 Å². The third-order valence-electron chi connectivity index (χ3n) is 6.19. The Labute approximate surface area is 187 Å². The minimum absolute atomic E-state index is 0. The fourth-order valence-electron chi connectivity index (χ4n) is 4.39. The molecule has 0 saturated heterocycles. The molecule has 0 aromatic heterocycles. The topological polar surface area (TPSA) is 21.3 Å². The average Bonchev–Trinajstić information content (AvgIpc) is 2.73. The van der Waals surface area contributed by atoms with Crippen molar-refractivity contribution >= 4 is 23.2 Å². The Hall–Kier alpha value is -2.03. The Morgan fingerprint density at radius 2 is 1.53 bits per heavy atom. The maximum absolute atomic E-state index is 6.32. The van der Waals surface area contributed by atoms with Crippen LogP contribution in [0.25, 0.3) is 10.8 Å². The number of fused-ring (bicyclic) bond motifs is 1. The molecule has 1 N–H and O–H groups in total. The summed E-state index contributed by atoms with van der Waals surface area (Å²) in [5, 5.41) is 6.44. The van der Waals surface area contributed by atoms with Crippen LogP contribution < -0.4 is 10.1 Å². The first-order valence-electron chi connectivity index (χ1n) is 11.2. The highest BCUT2D eigenvalue weighted by molar-refractivity contribution is 5.87. The molecule has 1 fully saturated rings. The highest BCUT2D eigenvalue weighted by Gasteiger charge is 2.14. The van der Waals surface area contributed by atoms with Crippen molar-refractivity contribution in [1.29, 1.82) is 0 Å². The molecule has 0 atom stereocenters. The van der Waals surface area contributed by atoms with E-state index in [0.717, 1.165) is 12.3 Å². The molecule has 0 bridgehead atoms. The minimum Gasteiger partial charge on any atom is -0.489 e. The van der Waals surface area contributed by atoms with Crippen LogP contribution in [0.1, 0.15) is 61.6 Å². The monoisotopic (exact) mass is 423 g/mol. The molecule has 2 nitrogen and oxygen atoms in total. The fraction of sp³-hybridized carbons (Fsp3) is 0.407. The lowest BCUT2D eigenvalue weighted by molar-refractivity contribution is 0.301. The predicted octanol–water partition coefficient (Wildman–Crippen LogP) is 7.35. The highest BCUT2D eigenvalue weighted by Crippen LogP contribution is 2.29. The van der Waals surface area contributed by atoms with Crippen LogP contribution in [0.5, 0.6) is 5.75 Å². The molecule has 160 valence electrons. The Bertz CT molecular complexity index is 914.